The van der Waals surface area contributed by atoms with Crippen LogP contribution in [0.2, 0.25) is 0 Å². The summed E-state index contributed by atoms with van der Waals surface area (Å²) in [7, 11) is 15.3. The van der Waals surface area contributed by atoms with Crippen molar-refractivity contribution in [3.63, 3.8) is 0 Å². The second kappa shape index (κ2) is 26.1. The fourth-order valence-electron chi connectivity index (χ4n) is 11.4. The first-order valence-corrected chi connectivity index (χ1v) is 25.2. The van der Waals surface area contributed by atoms with Gasteiger partial charge >= 0.3 is 11.9 Å². The highest BCUT2D eigenvalue weighted by molar-refractivity contribution is 5.77. The first kappa shape index (κ1) is 57.4. The molecule has 4 unspecified atom stereocenters. The second-order valence-electron chi connectivity index (χ2n) is 19.5. The molecule has 5 N–H and O–H groups in total. The van der Waals surface area contributed by atoms with Crippen LogP contribution in [0.3, 0.4) is 0 Å². The molecular weight excluding hydrogens is 957 g/mol. The van der Waals surface area contributed by atoms with Crippen LogP contribution in [-0.2, 0) is 77.8 Å². The van der Waals surface area contributed by atoms with Crippen LogP contribution >= 0.6 is 0 Å². The number of fused-ring (bicyclic) bond motifs is 2. The number of methoxy groups -OCH3 is 7. The second-order valence-corrected chi connectivity index (χ2v) is 19.5. The van der Waals surface area contributed by atoms with E-state index >= 15 is 0 Å². The third kappa shape index (κ3) is 12.3. The molecule has 4 aromatic rings. The minimum Gasteiger partial charge on any atom is -0.496 e. The van der Waals surface area contributed by atoms with E-state index in [0.29, 0.717) is 122 Å². The van der Waals surface area contributed by atoms with Crippen molar-refractivity contribution in [2.24, 2.45) is 0 Å². The van der Waals surface area contributed by atoms with Gasteiger partial charge in [-0.15, -0.1) is 0 Å². The summed E-state index contributed by atoms with van der Waals surface area (Å²) in [4.78, 5) is 26.1. The number of benzene rings is 4. The summed E-state index contributed by atoms with van der Waals surface area (Å²) in [6.07, 6.45) is 3.24. The van der Waals surface area contributed by atoms with E-state index in [4.69, 9.17) is 42.6 Å². The van der Waals surface area contributed by atoms with Crippen LogP contribution in [0.1, 0.15) is 99.0 Å². The lowest BCUT2D eigenvalue weighted by molar-refractivity contribution is -0.941. The standard InChI is InChI=1S/C56H78N2O16/c1-57(18-14-37-28-40(31-60)43(34-63)54(70-7)51(37)44(57)24-35-22-39(30-59)42(33-62)46(26-35)66-3)16-10-20-73-49(64)12-13-50(65)74-21-11-17-58(2)19-15-38-29-48(68-5)55(71-8)56(72-9)52(38)45(58)25-36-23-41(32-61)53(69-6)47(27-36)67-4/h22-23,26-29,44-45,59-63H,10-21,24-25,30-34H2,1-9H3/q+2. The van der Waals surface area contributed by atoms with E-state index in [0.717, 1.165) is 52.9 Å². The van der Waals surface area contributed by atoms with Crippen LogP contribution in [0.5, 0.6) is 40.2 Å². The van der Waals surface area contributed by atoms with Gasteiger partial charge in [-0.2, -0.15) is 0 Å². The van der Waals surface area contributed by atoms with Gasteiger partial charge in [0.2, 0.25) is 5.75 Å². The molecule has 2 heterocycles. The number of nitrogens with zero attached hydrogens (tertiary/aromatic N) is 2. The minimum atomic E-state index is -0.503. The van der Waals surface area contributed by atoms with E-state index in [2.05, 4.69) is 14.1 Å². The molecule has 2 aliphatic rings. The number of hydrogen-bond donors (Lipinski definition) is 5. The molecule has 6 rings (SSSR count). The number of rotatable bonds is 27. The van der Waals surface area contributed by atoms with Gasteiger partial charge in [0.05, 0.1) is 160 Å². The van der Waals surface area contributed by atoms with Gasteiger partial charge in [-0.05, 0) is 57.6 Å². The Hall–Kier alpha value is -5.86. The number of aliphatic hydroxyl groups is 5. The average Bonchev–Trinajstić information content (AvgIpc) is 3.42. The Labute approximate surface area is 435 Å². The number of aliphatic hydroxyl groups excluding tert-OH is 5. The van der Waals surface area contributed by atoms with E-state index in [-0.39, 0.29) is 71.2 Å². The minimum absolute atomic E-state index is 0.129. The SMILES string of the molecule is COc1cc(CC2c3c(cc(CO)c(CO)c3OC)CC[N+]2(C)CCCOC(=O)CCC(=O)OCCC[N+]2(C)CCc3cc(OC)c(OC)c(OC)c3C2Cc2cc(CO)c(OC)c(OC)c2)cc(CO)c1CO. The largest absolute Gasteiger partial charge is 0.496 e. The molecule has 18 heteroatoms. The predicted molar refractivity (Wildman–Crippen MR) is 274 cm³/mol. The van der Waals surface area contributed by atoms with Crippen molar-refractivity contribution >= 4 is 11.9 Å². The zero-order chi connectivity index (χ0) is 53.7. The van der Waals surface area contributed by atoms with Crippen LogP contribution < -0.4 is 33.2 Å². The predicted octanol–water partition coefficient (Wildman–Crippen LogP) is 5.13. The van der Waals surface area contributed by atoms with Crippen molar-refractivity contribution in [2.75, 3.05) is 103 Å². The quantitative estimate of drug-likeness (QED) is 0.0297. The summed E-state index contributed by atoms with van der Waals surface area (Å²) in [5, 5.41) is 51.3. The molecular formula is C56H78N2O16+2. The molecule has 0 bridgehead atoms. The molecule has 0 aromatic heterocycles. The number of ether oxygens (including phenoxy) is 9. The molecule has 0 saturated heterocycles. The fraction of sp³-hybridized carbons (Fsp3) is 0.536. The molecule has 0 fully saturated rings. The summed E-state index contributed by atoms with van der Waals surface area (Å²) in [5.41, 5.74) is 8.59. The summed E-state index contributed by atoms with van der Waals surface area (Å²) in [6.45, 7) is 1.63. The van der Waals surface area contributed by atoms with Crippen LogP contribution in [0, 0.1) is 0 Å². The highest BCUT2D eigenvalue weighted by Crippen LogP contribution is 2.51. The lowest BCUT2D eigenvalue weighted by Crippen LogP contribution is -2.53. The van der Waals surface area contributed by atoms with Crippen molar-refractivity contribution in [1.82, 2.24) is 0 Å². The third-order valence-corrected chi connectivity index (χ3v) is 15.3. The summed E-state index contributed by atoms with van der Waals surface area (Å²) in [5.74, 6) is 2.64. The van der Waals surface area contributed by atoms with Gasteiger partial charge in [0.15, 0.2) is 23.0 Å². The van der Waals surface area contributed by atoms with Crippen LogP contribution in [0.15, 0.2) is 36.4 Å². The Morgan fingerprint density at radius 3 is 1.38 bits per heavy atom. The monoisotopic (exact) mass is 1030 g/mol. The van der Waals surface area contributed by atoms with Gasteiger partial charge in [0.25, 0.3) is 0 Å². The van der Waals surface area contributed by atoms with Crippen LogP contribution in [0.4, 0.5) is 0 Å². The molecule has 18 nitrogen and oxygen atoms in total. The lowest BCUT2D eigenvalue weighted by atomic mass is 9.82. The zero-order valence-electron chi connectivity index (χ0n) is 44.7. The summed E-state index contributed by atoms with van der Waals surface area (Å²) >= 11 is 0. The van der Waals surface area contributed by atoms with E-state index < -0.39 is 11.9 Å². The summed E-state index contributed by atoms with van der Waals surface area (Å²) in [6, 6.07) is 11.2. The number of hydrogen-bond acceptors (Lipinski definition) is 16. The Balaban J connectivity index is 1.08. The molecule has 0 saturated carbocycles. The van der Waals surface area contributed by atoms with Gasteiger partial charge in [-0.1, -0.05) is 12.1 Å². The van der Waals surface area contributed by atoms with Crippen molar-refractivity contribution in [3.05, 3.63) is 97.6 Å². The highest BCUT2D eigenvalue weighted by Gasteiger charge is 2.44. The zero-order valence-corrected chi connectivity index (χ0v) is 44.7. The number of carbonyl (C=O) groups excluding carboxylic acids is 2. The van der Waals surface area contributed by atoms with Gasteiger partial charge < -0.3 is 77.1 Å². The average molecular weight is 1040 g/mol. The van der Waals surface area contributed by atoms with Crippen LogP contribution in [0.25, 0.3) is 0 Å². The van der Waals surface area contributed by atoms with Crippen molar-refractivity contribution in [1.29, 1.82) is 0 Å². The van der Waals surface area contributed by atoms with Gasteiger partial charge in [0, 0.05) is 55.2 Å². The Kier molecular flexibility index (Phi) is 20.2. The Morgan fingerprint density at radius 2 is 0.919 bits per heavy atom. The fourth-order valence-corrected chi connectivity index (χ4v) is 11.4. The van der Waals surface area contributed by atoms with Gasteiger partial charge in [-0.3, -0.25) is 9.59 Å². The van der Waals surface area contributed by atoms with Crippen molar-refractivity contribution in [3.8, 4) is 40.2 Å². The third-order valence-electron chi connectivity index (χ3n) is 15.3. The Morgan fingerprint density at radius 1 is 0.486 bits per heavy atom. The molecule has 0 radical (unpaired) electrons. The maximum atomic E-state index is 13.1. The topological polar surface area (TPSA) is 218 Å². The smallest absolute Gasteiger partial charge is 0.306 e. The summed E-state index contributed by atoms with van der Waals surface area (Å²) < 4.78 is 53.0. The van der Waals surface area contributed by atoms with E-state index in [1.807, 2.05) is 36.4 Å². The van der Waals surface area contributed by atoms with Crippen molar-refractivity contribution < 1.29 is 86.7 Å². The molecule has 74 heavy (non-hydrogen) atoms. The first-order valence-electron chi connectivity index (χ1n) is 25.2. The Bertz CT molecular complexity index is 2360. The highest BCUT2D eigenvalue weighted by atomic mass is 16.5. The molecule has 0 spiro atoms. The number of likely N-dealkylation sites (N-methyl/N-ethyl adjacent to an activating group) is 2. The molecule has 0 aliphatic carbocycles. The molecule has 2 aliphatic heterocycles. The van der Waals surface area contributed by atoms with Gasteiger partial charge in [0.1, 0.15) is 23.6 Å². The molecule has 4 atom stereocenters. The van der Waals surface area contributed by atoms with E-state index in [9.17, 15) is 35.1 Å². The van der Waals surface area contributed by atoms with E-state index in [1.54, 1.807) is 42.7 Å². The van der Waals surface area contributed by atoms with Crippen molar-refractivity contribution in [2.45, 2.75) is 96.5 Å². The maximum Gasteiger partial charge on any atom is 0.306 e. The maximum absolute atomic E-state index is 13.1. The molecule has 406 valence electrons. The lowest BCUT2D eigenvalue weighted by Gasteiger charge is -2.46. The number of quaternary nitrogens is 2. The number of carbonyl (C=O) groups is 2. The normalized spacial score (nSPS) is 18.9. The first-order chi connectivity index (χ1) is 35.7. The number of esters is 2. The molecule has 0 amide bonds. The molecule has 4 aromatic carbocycles. The van der Waals surface area contributed by atoms with Gasteiger partial charge in [-0.25, -0.2) is 0 Å². The van der Waals surface area contributed by atoms with E-state index in [1.165, 1.54) is 7.11 Å². The van der Waals surface area contributed by atoms with Crippen LogP contribution in [-0.4, -0.2) is 150 Å².